The van der Waals surface area contributed by atoms with Gasteiger partial charge < -0.3 is 14.2 Å². The van der Waals surface area contributed by atoms with Crippen LogP contribution in [0.3, 0.4) is 0 Å². The SMILES string of the molecule is C=C[C@]1(C)C[C@@H](OCOC)[C@@]2(C)C3[C@H](OC)CCC3(CC[C@H]2C)[C@@H](C)C1=O. The molecule has 0 saturated heterocycles. The van der Waals surface area contributed by atoms with E-state index in [1.165, 1.54) is 0 Å². The Bertz CT molecular complexity index is 589. The van der Waals surface area contributed by atoms with E-state index in [1.54, 1.807) is 7.11 Å². The topological polar surface area (TPSA) is 44.8 Å². The Hall–Kier alpha value is -0.710. The Kier molecular flexibility index (Phi) is 5.66. The number of ketones is 1. The summed E-state index contributed by atoms with van der Waals surface area (Å²) in [5, 5.41) is 0. The van der Waals surface area contributed by atoms with E-state index in [0.717, 1.165) is 25.7 Å². The van der Waals surface area contributed by atoms with Crippen LogP contribution in [-0.4, -0.2) is 39.0 Å². The lowest BCUT2D eigenvalue weighted by molar-refractivity contribution is -0.217. The molecule has 4 nitrogen and oxygen atoms in total. The molecule has 27 heavy (non-hydrogen) atoms. The van der Waals surface area contributed by atoms with Crippen LogP contribution in [0.1, 0.15) is 59.8 Å². The van der Waals surface area contributed by atoms with Gasteiger partial charge in [-0.15, -0.1) is 6.58 Å². The molecule has 0 spiro atoms. The van der Waals surface area contributed by atoms with Gasteiger partial charge in [-0.2, -0.15) is 0 Å². The highest BCUT2D eigenvalue weighted by Crippen LogP contribution is 2.68. The van der Waals surface area contributed by atoms with E-state index < -0.39 is 5.41 Å². The summed E-state index contributed by atoms with van der Waals surface area (Å²) in [4.78, 5) is 13.7. The third-order valence-corrected chi connectivity index (χ3v) is 8.92. The van der Waals surface area contributed by atoms with Crippen molar-refractivity contribution >= 4 is 5.78 Å². The van der Waals surface area contributed by atoms with Gasteiger partial charge in [0.05, 0.1) is 12.2 Å². The molecule has 3 aliphatic rings. The minimum Gasteiger partial charge on any atom is -0.381 e. The lowest BCUT2D eigenvalue weighted by atomic mass is 9.44. The molecular weight excluding hydrogens is 340 g/mol. The quantitative estimate of drug-likeness (QED) is 0.517. The third kappa shape index (κ3) is 2.86. The molecule has 0 N–H and O–H groups in total. The number of rotatable bonds is 5. The number of hydrogen-bond donors (Lipinski definition) is 0. The Balaban J connectivity index is 2.19. The van der Waals surface area contributed by atoms with Crippen LogP contribution in [0.5, 0.6) is 0 Å². The van der Waals surface area contributed by atoms with Gasteiger partial charge in [0.15, 0.2) is 0 Å². The molecule has 154 valence electrons. The molecule has 0 aromatic rings. The highest BCUT2D eigenvalue weighted by Gasteiger charge is 2.67. The van der Waals surface area contributed by atoms with Crippen molar-refractivity contribution in [3.05, 3.63) is 12.7 Å². The van der Waals surface area contributed by atoms with E-state index in [9.17, 15) is 4.79 Å². The van der Waals surface area contributed by atoms with Crippen molar-refractivity contribution < 1.29 is 19.0 Å². The van der Waals surface area contributed by atoms with Crippen LogP contribution in [0.25, 0.3) is 0 Å². The Morgan fingerprint density at radius 3 is 2.44 bits per heavy atom. The van der Waals surface area contributed by atoms with Gasteiger partial charge in [0.2, 0.25) is 0 Å². The summed E-state index contributed by atoms with van der Waals surface area (Å²) in [6.45, 7) is 13.3. The van der Waals surface area contributed by atoms with E-state index in [2.05, 4.69) is 27.4 Å². The molecule has 0 aromatic heterocycles. The maximum atomic E-state index is 13.7. The second kappa shape index (κ2) is 7.27. The van der Waals surface area contributed by atoms with E-state index in [1.807, 2.05) is 20.1 Å². The minimum atomic E-state index is -0.570. The van der Waals surface area contributed by atoms with Gasteiger partial charge in [-0.25, -0.2) is 0 Å². The minimum absolute atomic E-state index is 0.00160. The average molecular weight is 379 g/mol. The van der Waals surface area contributed by atoms with Crippen LogP contribution < -0.4 is 0 Å². The fourth-order valence-electron chi connectivity index (χ4n) is 7.01. The molecule has 0 aliphatic heterocycles. The first-order valence-electron chi connectivity index (χ1n) is 10.5. The van der Waals surface area contributed by atoms with Crippen molar-refractivity contribution in [1.82, 2.24) is 0 Å². The smallest absolute Gasteiger partial charge is 0.146 e. The zero-order chi connectivity index (χ0) is 20.0. The normalized spacial score (nSPS) is 50.0. The summed E-state index contributed by atoms with van der Waals surface area (Å²) in [6, 6.07) is 0. The average Bonchev–Trinajstić information content (AvgIpc) is 3.07. The standard InChI is InChI=1S/C23H38O4/c1-8-21(4)13-18(27-14-25-6)22(5)15(2)9-11-23(16(3)20(21)24)12-10-17(26-7)19(22)23/h8,15-19H,1,9-14H2,2-7H3/t15-,16+,17-,18-,19?,21-,22+,23?/m1/s1. The molecule has 3 fully saturated rings. The number of carbonyl (C=O) groups is 1. The predicted octanol–water partition coefficient (Wildman–Crippen LogP) is 4.62. The fourth-order valence-corrected chi connectivity index (χ4v) is 7.01. The largest absolute Gasteiger partial charge is 0.381 e. The zero-order valence-corrected chi connectivity index (χ0v) is 18.0. The second-order valence-electron chi connectivity index (χ2n) is 9.80. The van der Waals surface area contributed by atoms with Gasteiger partial charge in [0, 0.05) is 31.0 Å². The Morgan fingerprint density at radius 2 is 1.85 bits per heavy atom. The highest BCUT2D eigenvalue weighted by molar-refractivity contribution is 5.89. The number of methoxy groups -OCH3 is 2. The van der Waals surface area contributed by atoms with E-state index >= 15 is 0 Å². The van der Waals surface area contributed by atoms with Gasteiger partial charge in [0.1, 0.15) is 12.6 Å². The lowest BCUT2D eigenvalue weighted by Gasteiger charge is -2.62. The monoisotopic (exact) mass is 378 g/mol. The molecule has 0 aromatic carbocycles. The van der Waals surface area contributed by atoms with Crippen LogP contribution >= 0.6 is 0 Å². The molecule has 0 amide bonds. The lowest BCUT2D eigenvalue weighted by Crippen LogP contribution is -2.62. The van der Waals surface area contributed by atoms with Crippen molar-refractivity contribution in [2.75, 3.05) is 21.0 Å². The Morgan fingerprint density at radius 1 is 1.19 bits per heavy atom. The highest BCUT2D eigenvalue weighted by atomic mass is 16.7. The first kappa shape index (κ1) is 21.0. The zero-order valence-electron chi connectivity index (χ0n) is 18.0. The molecule has 3 aliphatic carbocycles. The van der Waals surface area contributed by atoms with Gasteiger partial charge >= 0.3 is 0 Å². The molecule has 2 unspecified atom stereocenters. The third-order valence-electron chi connectivity index (χ3n) is 8.92. The van der Waals surface area contributed by atoms with E-state index in [4.69, 9.17) is 14.2 Å². The molecule has 4 heteroatoms. The van der Waals surface area contributed by atoms with Crippen LogP contribution in [0.2, 0.25) is 0 Å². The van der Waals surface area contributed by atoms with Crippen molar-refractivity contribution in [3.8, 4) is 0 Å². The van der Waals surface area contributed by atoms with Crippen LogP contribution in [-0.2, 0) is 19.0 Å². The van der Waals surface area contributed by atoms with Crippen molar-refractivity contribution in [2.45, 2.75) is 72.0 Å². The van der Waals surface area contributed by atoms with Crippen LogP contribution in [0.15, 0.2) is 12.7 Å². The first-order valence-corrected chi connectivity index (χ1v) is 10.5. The Labute approximate surface area is 165 Å². The summed E-state index contributed by atoms with van der Waals surface area (Å²) in [5.41, 5.74) is -0.634. The second-order valence-corrected chi connectivity index (χ2v) is 9.80. The molecule has 3 rings (SSSR count). The molecule has 0 heterocycles. The first-order chi connectivity index (χ1) is 12.7. The van der Waals surface area contributed by atoms with Crippen LogP contribution in [0.4, 0.5) is 0 Å². The number of allylic oxidation sites excluding steroid dienone is 1. The molecule has 3 saturated carbocycles. The molecular formula is C23H38O4. The predicted molar refractivity (Wildman–Crippen MR) is 106 cm³/mol. The van der Waals surface area contributed by atoms with E-state index in [-0.39, 0.29) is 35.7 Å². The van der Waals surface area contributed by atoms with Crippen molar-refractivity contribution in [1.29, 1.82) is 0 Å². The van der Waals surface area contributed by atoms with Gasteiger partial charge in [-0.3, -0.25) is 4.79 Å². The number of ether oxygens (including phenoxy) is 3. The maximum absolute atomic E-state index is 13.7. The van der Waals surface area contributed by atoms with Crippen LogP contribution in [0, 0.1) is 34.0 Å². The van der Waals surface area contributed by atoms with Crippen molar-refractivity contribution in [2.24, 2.45) is 34.0 Å². The summed E-state index contributed by atoms with van der Waals surface area (Å²) in [6.07, 6.45) is 6.98. The molecule has 8 atom stereocenters. The number of hydrogen-bond acceptors (Lipinski definition) is 4. The van der Waals surface area contributed by atoms with Gasteiger partial charge in [0.25, 0.3) is 0 Å². The maximum Gasteiger partial charge on any atom is 0.146 e. The summed E-state index contributed by atoms with van der Waals surface area (Å²) < 4.78 is 17.6. The molecule has 2 bridgehead atoms. The summed E-state index contributed by atoms with van der Waals surface area (Å²) in [7, 11) is 3.49. The molecule has 0 radical (unpaired) electrons. The van der Waals surface area contributed by atoms with Gasteiger partial charge in [-0.05, 0) is 56.3 Å². The summed E-state index contributed by atoms with van der Waals surface area (Å²) in [5.74, 6) is 1.17. The summed E-state index contributed by atoms with van der Waals surface area (Å²) >= 11 is 0. The number of carbonyl (C=O) groups excluding carboxylic acids is 1. The number of Topliss-reactive ketones (excluding diaryl/α,β-unsaturated/α-hetero) is 1. The van der Waals surface area contributed by atoms with E-state index in [0.29, 0.717) is 24.0 Å². The fraction of sp³-hybridized carbons (Fsp3) is 0.870. The van der Waals surface area contributed by atoms with Crippen molar-refractivity contribution in [3.63, 3.8) is 0 Å². The van der Waals surface area contributed by atoms with Gasteiger partial charge in [-0.1, -0.05) is 26.8 Å².